The van der Waals surface area contributed by atoms with Crippen LogP contribution >= 0.6 is 0 Å². The number of imidazole rings is 2. The first-order chi connectivity index (χ1) is 19.8. The van der Waals surface area contributed by atoms with Crippen LogP contribution in [0.25, 0.3) is 44.8 Å². The minimum atomic E-state index is 0.0215. The fourth-order valence-corrected chi connectivity index (χ4v) is 4.75. The summed E-state index contributed by atoms with van der Waals surface area (Å²) >= 11 is 0. The van der Waals surface area contributed by atoms with Crippen molar-refractivity contribution >= 4 is 27.8 Å². The van der Waals surface area contributed by atoms with Crippen molar-refractivity contribution in [2.75, 3.05) is 70.8 Å². The predicted octanol–water partition coefficient (Wildman–Crippen LogP) is 4.01. The van der Waals surface area contributed by atoms with Gasteiger partial charge < -0.3 is 38.9 Å². The summed E-state index contributed by atoms with van der Waals surface area (Å²) in [4.78, 5) is 18.9. The van der Waals surface area contributed by atoms with E-state index in [1.165, 1.54) is 5.69 Å². The van der Waals surface area contributed by atoms with E-state index in [9.17, 15) is 0 Å². The number of rotatable bonds is 12. The van der Waals surface area contributed by atoms with Crippen molar-refractivity contribution in [3.05, 3.63) is 60.7 Å². The van der Waals surface area contributed by atoms with E-state index in [0.29, 0.717) is 33.0 Å². The lowest BCUT2D eigenvalue weighted by Crippen LogP contribution is -2.36. The molecule has 0 atom stereocenters. The summed E-state index contributed by atoms with van der Waals surface area (Å²) in [6.45, 7) is 5.51. The smallest absolute Gasteiger partial charge is 0.138 e. The molecule has 1 aliphatic heterocycles. The van der Waals surface area contributed by atoms with Gasteiger partial charge in [0.2, 0.25) is 0 Å². The first-order valence-corrected chi connectivity index (χ1v) is 13.6. The Morgan fingerprint density at radius 1 is 0.725 bits per heavy atom. The highest BCUT2D eigenvalue weighted by Crippen LogP contribution is 2.28. The van der Waals surface area contributed by atoms with Crippen LogP contribution in [0.3, 0.4) is 0 Å². The molecule has 0 spiro atoms. The molecule has 3 aromatic carbocycles. The third-order valence-corrected chi connectivity index (χ3v) is 6.83. The molecule has 2 aromatic heterocycles. The number of aromatic amines is 2. The zero-order valence-corrected chi connectivity index (χ0v) is 22.3. The maximum absolute atomic E-state index is 8.68. The zero-order valence-electron chi connectivity index (χ0n) is 22.3. The number of hydrogen-bond acceptors (Lipinski definition) is 8. The molecule has 5 aromatic rings. The predicted molar refractivity (Wildman–Crippen MR) is 154 cm³/mol. The molecular weight excluding hydrogens is 510 g/mol. The fraction of sp³-hybridized carbons (Fsp3) is 0.333. The second-order valence-corrected chi connectivity index (χ2v) is 9.52. The molecular formula is C30H33N5O5. The van der Waals surface area contributed by atoms with E-state index < -0.39 is 0 Å². The Bertz CT molecular complexity index is 1540. The van der Waals surface area contributed by atoms with E-state index in [1.807, 2.05) is 30.3 Å². The maximum atomic E-state index is 8.68. The van der Waals surface area contributed by atoms with Crippen molar-refractivity contribution in [2.45, 2.75) is 0 Å². The van der Waals surface area contributed by atoms with Gasteiger partial charge in [-0.15, -0.1) is 0 Å². The van der Waals surface area contributed by atoms with E-state index in [1.54, 1.807) is 0 Å². The van der Waals surface area contributed by atoms with Gasteiger partial charge in [-0.1, -0.05) is 0 Å². The van der Waals surface area contributed by atoms with Crippen LogP contribution in [0, 0.1) is 0 Å². The Morgan fingerprint density at radius 2 is 1.35 bits per heavy atom. The number of nitrogens with zero attached hydrogens (tertiary/aromatic N) is 3. The third-order valence-electron chi connectivity index (χ3n) is 6.83. The van der Waals surface area contributed by atoms with Crippen LogP contribution in [0.1, 0.15) is 0 Å². The number of hydrogen-bond donors (Lipinski definition) is 3. The first kappa shape index (κ1) is 26.3. The fourth-order valence-electron chi connectivity index (χ4n) is 4.75. The number of aliphatic hydroxyl groups is 1. The van der Waals surface area contributed by atoms with Gasteiger partial charge in [-0.3, -0.25) is 0 Å². The van der Waals surface area contributed by atoms with Gasteiger partial charge in [-0.25, -0.2) is 9.97 Å². The standard InChI is InChI=1S/C30H33N5O5/c36-11-14-38-15-16-39-17-18-40-24-5-1-21(2-6-24)29-31-25-7-3-22(19-27(25)33-29)30-32-26-8-4-23(20-28(26)34-30)35-9-12-37-13-10-35/h1-8,19-20,36H,9-18H2,(H,31,33)(H,32,34). The average Bonchev–Trinajstić information content (AvgIpc) is 3.63. The Balaban J connectivity index is 1.10. The van der Waals surface area contributed by atoms with E-state index >= 15 is 0 Å². The van der Waals surface area contributed by atoms with Crippen LogP contribution in [0.15, 0.2) is 60.7 Å². The number of fused-ring (bicyclic) bond motifs is 2. The van der Waals surface area contributed by atoms with E-state index in [-0.39, 0.29) is 6.61 Å². The third kappa shape index (κ3) is 6.10. The van der Waals surface area contributed by atoms with Crippen LogP contribution < -0.4 is 9.64 Å². The Labute approximate surface area is 231 Å². The Hall–Kier alpha value is -3.96. The van der Waals surface area contributed by atoms with Gasteiger partial charge in [-0.05, 0) is 60.7 Å². The lowest BCUT2D eigenvalue weighted by atomic mass is 10.2. The van der Waals surface area contributed by atoms with E-state index in [0.717, 1.165) is 76.9 Å². The van der Waals surface area contributed by atoms with E-state index in [2.05, 4.69) is 45.2 Å². The highest BCUT2D eigenvalue weighted by atomic mass is 16.5. The number of aromatic nitrogens is 4. The Kier molecular flexibility index (Phi) is 8.20. The highest BCUT2D eigenvalue weighted by molar-refractivity contribution is 5.87. The number of anilines is 1. The summed E-state index contributed by atoms with van der Waals surface area (Å²) in [5, 5.41) is 8.68. The number of nitrogens with one attached hydrogen (secondary N) is 2. The summed E-state index contributed by atoms with van der Waals surface area (Å²) in [6.07, 6.45) is 0. The molecule has 6 rings (SSSR count). The summed E-state index contributed by atoms with van der Waals surface area (Å²) in [6, 6.07) is 20.4. The van der Waals surface area contributed by atoms with Crippen LogP contribution in [0.5, 0.6) is 5.75 Å². The number of benzene rings is 3. The molecule has 0 bridgehead atoms. The van der Waals surface area contributed by atoms with Crippen molar-refractivity contribution in [1.29, 1.82) is 0 Å². The monoisotopic (exact) mass is 543 g/mol. The number of aliphatic hydroxyl groups excluding tert-OH is 1. The molecule has 40 heavy (non-hydrogen) atoms. The second kappa shape index (κ2) is 12.5. The molecule has 0 unspecified atom stereocenters. The largest absolute Gasteiger partial charge is 0.491 e. The number of H-pyrrole nitrogens is 2. The molecule has 0 saturated carbocycles. The second-order valence-electron chi connectivity index (χ2n) is 9.52. The quantitative estimate of drug-likeness (QED) is 0.202. The van der Waals surface area contributed by atoms with Crippen LogP contribution in [0.2, 0.25) is 0 Å². The molecule has 3 heterocycles. The molecule has 0 radical (unpaired) electrons. The van der Waals surface area contributed by atoms with Crippen LogP contribution in [-0.4, -0.2) is 91.0 Å². The van der Waals surface area contributed by atoms with Crippen molar-refractivity contribution < 1.29 is 24.1 Å². The van der Waals surface area contributed by atoms with Crippen LogP contribution in [0.4, 0.5) is 5.69 Å². The number of morpholine rings is 1. The van der Waals surface area contributed by atoms with Gasteiger partial charge in [0, 0.05) is 29.9 Å². The van der Waals surface area contributed by atoms with Gasteiger partial charge >= 0.3 is 0 Å². The summed E-state index contributed by atoms with van der Waals surface area (Å²) in [7, 11) is 0. The van der Waals surface area contributed by atoms with Crippen LogP contribution in [-0.2, 0) is 14.2 Å². The molecule has 1 saturated heterocycles. The lowest BCUT2D eigenvalue weighted by Gasteiger charge is -2.28. The molecule has 0 amide bonds. The minimum Gasteiger partial charge on any atom is -0.491 e. The maximum Gasteiger partial charge on any atom is 0.138 e. The highest BCUT2D eigenvalue weighted by Gasteiger charge is 2.14. The van der Waals surface area contributed by atoms with Gasteiger partial charge in [0.05, 0.1) is 68.3 Å². The first-order valence-electron chi connectivity index (χ1n) is 13.6. The summed E-state index contributed by atoms with van der Waals surface area (Å²) < 4.78 is 21.9. The molecule has 0 aliphatic carbocycles. The molecule has 208 valence electrons. The van der Waals surface area contributed by atoms with Crippen molar-refractivity contribution in [3.8, 4) is 28.5 Å². The van der Waals surface area contributed by atoms with Crippen molar-refractivity contribution in [3.63, 3.8) is 0 Å². The molecule has 3 N–H and O–H groups in total. The molecule has 10 heteroatoms. The van der Waals surface area contributed by atoms with Crippen molar-refractivity contribution in [2.24, 2.45) is 0 Å². The Morgan fingerprint density at radius 3 is 2.10 bits per heavy atom. The summed E-state index contributed by atoms with van der Waals surface area (Å²) in [5.41, 5.74) is 6.93. The zero-order chi connectivity index (χ0) is 27.1. The molecule has 1 fully saturated rings. The number of ether oxygens (including phenoxy) is 4. The van der Waals surface area contributed by atoms with E-state index in [4.69, 9.17) is 34.0 Å². The molecule has 1 aliphatic rings. The van der Waals surface area contributed by atoms with Gasteiger partial charge in [0.25, 0.3) is 0 Å². The minimum absolute atomic E-state index is 0.0215. The summed E-state index contributed by atoms with van der Waals surface area (Å²) in [5.74, 6) is 2.39. The molecule has 10 nitrogen and oxygen atoms in total. The van der Waals surface area contributed by atoms with Gasteiger partial charge in [-0.2, -0.15) is 0 Å². The normalized spacial score (nSPS) is 13.9. The average molecular weight is 544 g/mol. The SMILES string of the molecule is OCCOCCOCCOc1ccc(-c2nc3cc(-c4nc5cc(N6CCOCC6)ccc5[nH]4)ccc3[nH]2)cc1. The lowest BCUT2D eigenvalue weighted by molar-refractivity contribution is 0.0247. The van der Waals surface area contributed by atoms with Gasteiger partial charge in [0.15, 0.2) is 0 Å². The topological polar surface area (TPSA) is 118 Å². The van der Waals surface area contributed by atoms with Gasteiger partial charge in [0.1, 0.15) is 24.0 Å². The van der Waals surface area contributed by atoms with Crippen molar-refractivity contribution in [1.82, 2.24) is 19.9 Å².